The molecule has 1 N–H and O–H groups in total. The summed E-state index contributed by atoms with van der Waals surface area (Å²) in [5, 5.41) is 17.1. The van der Waals surface area contributed by atoms with Crippen LogP contribution in [0.2, 0.25) is 0 Å². The maximum Gasteiger partial charge on any atom is 0.433 e. The van der Waals surface area contributed by atoms with Crippen LogP contribution in [0, 0.1) is 25.2 Å². The summed E-state index contributed by atoms with van der Waals surface area (Å²) in [5.41, 5.74) is 3.24. The molecule has 8 nitrogen and oxygen atoms in total. The second-order valence-corrected chi connectivity index (χ2v) is 7.68. The number of halogens is 3. The molecule has 0 atom stereocenters. The van der Waals surface area contributed by atoms with Gasteiger partial charge in [0, 0.05) is 47.3 Å². The van der Waals surface area contributed by atoms with Gasteiger partial charge in [0.15, 0.2) is 0 Å². The topological polar surface area (TPSA) is 105 Å². The van der Waals surface area contributed by atoms with Gasteiger partial charge in [0.1, 0.15) is 17.6 Å². The fourth-order valence-corrected chi connectivity index (χ4v) is 3.64. The number of aromatic nitrogens is 6. The van der Waals surface area contributed by atoms with Crippen LogP contribution in [-0.2, 0) is 12.7 Å². The minimum Gasteiger partial charge on any atom is -0.341 e. The smallest absolute Gasteiger partial charge is 0.341 e. The monoisotopic (exact) mass is 476 g/mol. The zero-order valence-electron chi connectivity index (χ0n) is 18.8. The van der Waals surface area contributed by atoms with E-state index in [1.54, 1.807) is 49.4 Å². The molecular weight excluding hydrogens is 457 g/mol. The van der Waals surface area contributed by atoms with Crippen molar-refractivity contribution in [2.45, 2.75) is 26.6 Å². The quantitative estimate of drug-likeness (QED) is 0.421. The van der Waals surface area contributed by atoms with Crippen LogP contribution >= 0.6 is 0 Å². The molecule has 0 aliphatic carbocycles. The van der Waals surface area contributed by atoms with E-state index in [0.29, 0.717) is 50.9 Å². The predicted molar refractivity (Wildman–Crippen MR) is 123 cm³/mol. The van der Waals surface area contributed by atoms with Gasteiger partial charge in [0.2, 0.25) is 0 Å². The summed E-state index contributed by atoms with van der Waals surface area (Å²) in [7, 11) is 0. The molecule has 0 saturated carbocycles. The number of anilines is 1. The molecule has 35 heavy (non-hydrogen) atoms. The Labute approximate surface area is 198 Å². The third-order valence-electron chi connectivity index (χ3n) is 5.22. The number of hydrogen-bond acceptors (Lipinski definition) is 7. The molecule has 0 saturated heterocycles. The van der Waals surface area contributed by atoms with Crippen molar-refractivity contribution in [1.82, 2.24) is 29.7 Å². The molecule has 11 heteroatoms. The molecule has 4 aromatic heterocycles. The van der Waals surface area contributed by atoms with Gasteiger partial charge in [0.25, 0.3) is 0 Å². The van der Waals surface area contributed by atoms with Crippen LogP contribution in [0.4, 0.5) is 19.0 Å². The lowest BCUT2D eigenvalue weighted by molar-refractivity contribution is -0.141. The Balaban J connectivity index is 1.56. The van der Waals surface area contributed by atoms with Crippen LogP contribution in [0.5, 0.6) is 0 Å². The largest absolute Gasteiger partial charge is 0.433 e. The maximum atomic E-state index is 13.1. The van der Waals surface area contributed by atoms with E-state index in [-0.39, 0.29) is 6.54 Å². The first kappa shape index (κ1) is 23.6. The van der Waals surface area contributed by atoms with E-state index in [4.69, 9.17) is 0 Å². The summed E-state index contributed by atoms with van der Waals surface area (Å²) in [6, 6.07) is 6.28. The highest BCUT2D eigenvalue weighted by Crippen LogP contribution is 2.33. The van der Waals surface area contributed by atoms with Crippen molar-refractivity contribution in [1.29, 1.82) is 5.26 Å². The summed E-state index contributed by atoms with van der Waals surface area (Å²) < 4.78 is 41.0. The number of rotatable bonds is 6. The number of pyridine rings is 2. The van der Waals surface area contributed by atoms with Gasteiger partial charge in [0.05, 0.1) is 29.7 Å². The van der Waals surface area contributed by atoms with E-state index < -0.39 is 11.9 Å². The van der Waals surface area contributed by atoms with Crippen molar-refractivity contribution in [3.63, 3.8) is 0 Å². The molecule has 176 valence electrons. The van der Waals surface area contributed by atoms with Crippen molar-refractivity contribution >= 4 is 5.82 Å². The summed E-state index contributed by atoms with van der Waals surface area (Å²) in [6.45, 7) is 7.70. The summed E-state index contributed by atoms with van der Waals surface area (Å²) in [5.74, 6) is 0.316. The van der Waals surface area contributed by atoms with E-state index in [1.807, 2.05) is 0 Å². The minimum absolute atomic E-state index is 0.211. The molecule has 0 aromatic carbocycles. The Morgan fingerprint density at radius 2 is 1.89 bits per heavy atom. The zero-order valence-corrected chi connectivity index (χ0v) is 18.8. The predicted octanol–water partition coefficient (Wildman–Crippen LogP) is 4.93. The third kappa shape index (κ3) is 5.01. The van der Waals surface area contributed by atoms with Crippen molar-refractivity contribution in [3.05, 3.63) is 84.1 Å². The average molecular weight is 476 g/mol. The molecule has 0 bridgehead atoms. The standard InChI is InChI=1S/C24H19F3N8/c1-14(33-23-18(10-28)8-19(11-32-23)20-12-29-6-7-30-20)13-35-16(3)22(15(2)34-35)17-4-5-31-21(9-17)24(25,26)27/h4-9,11-12H,1,13H2,2-3H3,(H,32,33). The Bertz CT molecular complexity index is 1440. The SMILES string of the molecule is C=C(Cn1nc(C)c(-c2ccnc(C(F)(F)F)c2)c1C)Nc1ncc(-c2cnccn2)cc1C#N. The Morgan fingerprint density at radius 1 is 1.09 bits per heavy atom. The van der Waals surface area contributed by atoms with Crippen LogP contribution in [0.3, 0.4) is 0 Å². The van der Waals surface area contributed by atoms with Gasteiger partial charge in [-0.3, -0.25) is 19.6 Å². The molecule has 0 radical (unpaired) electrons. The van der Waals surface area contributed by atoms with Crippen LogP contribution in [0.25, 0.3) is 22.4 Å². The molecule has 4 heterocycles. The Morgan fingerprint density at radius 3 is 2.57 bits per heavy atom. The van der Waals surface area contributed by atoms with Crippen molar-refractivity contribution in [2.24, 2.45) is 0 Å². The zero-order chi connectivity index (χ0) is 25.2. The van der Waals surface area contributed by atoms with E-state index in [2.05, 4.69) is 43.0 Å². The summed E-state index contributed by atoms with van der Waals surface area (Å²) in [4.78, 5) is 16.0. The summed E-state index contributed by atoms with van der Waals surface area (Å²) in [6.07, 6.45) is 2.84. The number of nitrogens with one attached hydrogen (secondary N) is 1. The molecule has 0 aliphatic rings. The van der Waals surface area contributed by atoms with E-state index in [9.17, 15) is 18.4 Å². The molecule has 0 aliphatic heterocycles. The summed E-state index contributed by atoms with van der Waals surface area (Å²) >= 11 is 0. The van der Waals surface area contributed by atoms with Crippen LogP contribution in [0.15, 0.2) is 61.5 Å². The van der Waals surface area contributed by atoms with Crippen molar-refractivity contribution in [3.8, 4) is 28.5 Å². The lowest BCUT2D eigenvalue weighted by Gasteiger charge is -2.13. The van der Waals surface area contributed by atoms with Gasteiger partial charge in [-0.05, 0) is 37.6 Å². The number of hydrogen-bond donors (Lipinski definition) is 1. The molecule has 0 fully saturated rings. The first-order valence-corrected chi connectivity index (χ1v) is 10.4. The number of aryl methyl sites for hydroxylation is 1. The van der Waals surface area contributed by atoms with Gasteiger partial charge in [-0.15, -0.1) is 0 Å². The number of nitriles is 1. The van der Waals surface area contributed by atoms with Crippen LogP contribution in [-0.4, -0.2) is 29.7 Å². The molecule has 4 aromatic rings. The third-order valence-corrected chi connectivity index (χ3v) is 5.22. The average Bonchev–Trinajstić information content (AvgIpc) is 3.11. The maximum absolute atomic E-state index is 13.1. The van der Waals surface area contributed by atoms with Crippen LogP contribution in [0.1, 0.15) is 22.6 Å². The second kappa shape index (κ2) is 9.34. The van der Waals surface area contributed by atoms with E-state index in [0.717, 1.165) is 12.3 Å². The number of nitrogens with zero attached hydrogens (tertiary/aromatic N) is 7. The highest BCUT2D eigenvalue weighted by molar-refractivity contribution is 5.69. The molecular formula is C24H19F3N8. The molecule has 4 rings (SSSR count). The highest BCUT2D eigenvalue weighted by Gasteiger charge is 2.33. The normalized spacial score (nSPS) is 11.2. The Hall–Kier alpha value is -4.59. The highest BCUT2D eigenvalue weighted by atomic mass is 19.4. The fraction of sp³-hybridized carbons (Fsp3) is 0.167. The molecule has 0 unspecified atom stereocenters. The molecule has 0 amide bonds. The van der Waals surface area contributed by atoms with Crippen molar-refractivity contribution in [2.75, 3.05) is 5.32 Å². The number of alkyl halides is 3. The van der Waals surface area contributed by atoms with Crippen LogP contribution < -0.4 is 5.32 Å². The minimum atomic E-state index is -4.54. The fourth-order valence-electron chi connectivity index (χ4n) is 3.64. The van der Waals surface area contributed by atoms with Gasteiger partial charge in [-0.25, -0.2) is 4.98 Å². The second-order valence-electron chi connectivity index (χ2n) is 7.68. The number of allylic oxidation sites excluding steroid dienone is 1. The lowest BCUT2D eigenvalue weighted by atomic mass is 10.0. The van der Waals surface area contributed by atoms with Gasteiger partial charge in [-0.2, -0.15) is 23.5 Å². The first-order chi connectivity index (χ1) is 16.7. The van der Waals surface area contributed by atoms with Crippen molar-refractivity contribution < 1.29 is 13.2 Å². The lowest BCUT2D eigenvalue weighted by Crippen LogP contribution is -2.12. The van der Waals surface area contributed by atoms with Gasteiger partial charge < -0.3 is 5.32 Å². The van der Waals surface area contributed by atoms with E-state index in [1.165, 1.54) is 6.07 Å². The first-order valence-electron chi connectivity index (χ1n) is 10.4. The Kier molecular flexibility index (Phi) is 6.29. The van der Waals surface area contributed by atoms with Gasteiger partial charge >= 0.3 is 6.18 Å². The van der Waals surface area contributed by atoms with E-state index >= 15 is 0 Å². The van der Waals surface area contributed by atoms with Gasteiger partial charge in [-0.1, -0.05) is 6.58 Å². The molecule has 0 spiro atoms.